The molecule has 0 saturated heterocycles. The Morgan fingerprint density at radius 2 is 0.865 bits per heavy atom. The summed E-state index contributed by atoms with van der Waals surface area (Å²) in [6, 6.07) is 60.1. The van der Waals surface area contributed by atoms with Gasteiger partial charge in [0, 0.05) is 5.41 Å². The van der Waals surface area contributed by atoms with Crippen molar-refractivity contribution < 1.29 is 0 Å². The van der Waals surface area contributed by atoms with Crippen LogP contribution in [0.2, 0.25) is 0 Å². The summed E-state index contributed by atoms with van der Waals surface area (Å²) in [5.41, 5.74) is 14.2. The summed E-state index contributed by atoms with van der Waals surface area (Å²) in [6.07, 6.45) is 7.10. The first-order valence-electron chi connectivity index (χ1n) is 19.5. The second-order valence-electron chi connectivity index (χ2n) is 16.4. The fourth-order valence-corrected chi connectivity index (χ4v) is 12.4. The van der Waals surface area contributed by atoms with E-state index in [2.05, 4.69) is 158 Å². The fraction of sp³-hybridized carbons (Fsp3) is 0.192. The van der Waals surface area contributed by atoms with Crippen LogP contribution < -0.4 is 0 Å². The molecular weight excluding hydrogens is 625 g/mol. The zero-order valence-electron chi connectivity index (χ0n) is 29.4. The van der Waals surface area contributed by atoms with E-state index >= 15 is 0 Å². The summed E-state index contributed by atoms with van der Waals surface area (Å²) >= 11 is 0. The second-order valence-corrected chi connectivity index (χ2v) is 16.4. The van der Waals surface area contributed by atoms with E-state index in [0.717, 1.165) is 23.7 Å². The van der Waals surface area contributed by atoms with Crippen molar-refractivity contribution in [2.45, 2.75) is 37.5 Å². The predicted molar refractivity (Wildman–Crippen MR) is 219 cm³/mol. The van der Waals surface area contributed by atoms with Gasteiger partial charge in [-0.3, -0.25) is 0 Å². The molecule has 0 unspecified atom stereocenters. The van der Waals surface area contributed by atoms with Gasteiger partial charge < -0.3 is 0 Å². The van der Waals surface area contributed by atoms with E-state index in [1.54, 1.807) is 11.1 Å². The monoisotopic (exact) mass is 664 g/mol. The largest absolute Gasteiger partial charge is 0.0622 e. The summed E-state index contributed by atoms with van der Waals surface area (Å²) in [4.78, 5) is 0. The zero-order valence-corrected chi connectivity index (χ0v) is 29.4. The van der Waals surface area contributed by atoms with Crippen LogP contribution in [0, 0.1) is 23.7 Å². The first-order chi connectivity index (χ1) is 25.8. The van der Waals surface area contributed by atoms with E-state index in [-0.39, 0.29) is 5.41 Å². The maximum Gasteiger partial charge on any atom is 0.0272 e. The maximum absolute atomic E-state index is 2.62. The molecule has 0 aromatic heterocycles. The van der Waals surface area contributed by atoms with Crippen molar-refractivity contribution in [3.05, 3.63) is 169 Å². The van der Waals surface area contributed by atoms with Crippen molar-refractivity contribution in [3.63, 3.8) is 0 Å². The van der Waals surface area contributed by atoms with E-state index in [1.165, 1.54) is 109 Å². The highest BCUT2D eigenvalue weighted by atomic mass is 14.6. The molecule has 8 aromatic rings. The highest BCUT2D eigenvalue weighted by Gasteiger charge is 2.61. The molecule has 248 valence electrons. The van der Waals surface area contributed by atoms with Crippen LogP contribution in [-0.2, 0) is 5.41 Å². The first kappa shape index (κ1) is 29.2. The summed E-state index contributed by atoms with van der Waals surface area (Å²) in [6.45, 7) is 0. The highest BCUT2D eigenvalue weighted by molar-refractivity contribution is 6.22. The molecule has 52 heavy (non-hydrogen) atoms. The Bertz CT molecular complexity index is 2660. The third-order valence-corrected chi connectivity index (χ3v) is 14.0. The van der Waals surface area contributed by atoms with E-state index < -0.39 is 0 Å². The Balaban J connectivity index is 1.12. The van der Waals surface area contributed by atoms with Gasteiger partial charge in [-0.25, -0.2) is 0 Å². The van der Waals surface area contributed by atoms with Gasteiger partial charge in [-0.15, -0.1) is 0 Å². The van der Waals surface area contributed by atoms with Gasteiger partial charge in [0.05, 0.1) is 0 Å². The highest BCUT2D eigenvalue weighted by Crippen LogP contribution is 2.70. The van der Waals surface area contributed by atoms with Crippen molar-refractivity contribution in [2.75, 3.05) is 0 Å². The molecule has 1 spiro atoms. The topological polar surface area (TPSA) is 0 Å². The summed E-state index contributed by atoms with van der Waals surface area (Å²) in [5, 5.41) is 8.04. The summed E-state index contributed by atoms with van der Waals surface area (Å²) < 4.78 is 0. The van der Waals surface area contributed by atoms with E-state index in [0.29, 0.717) is 0 Å². The predicted octanol–water partition coefficient (Wildman–Crippen LogP) is 13.9. The third kappa shape index (κ3) is 3.88. The molecule has 5 aliphatic rings. The lowest BCUT2D eigenvalue weighted by atomic mass is 9.43. The molecule has 13 rings (SSSR count). The molecule has 4 bridgehead atoms. The standard InChI is InChI=1S/C52H40/c1-2-11-34(12-3-1)36-14-10-15-37(30-36)49-42-17-6-8-19-44(42)50(45-20-9-7-18-43(45)49)38-22-23-47-46(31-38)51-41-16-5-4-13-35(41)21-24-48(51)52(47)39-26-32-25-33(28-39)29-40(52)27-32/h1-24,30-33,39-40H,25-29H2. The SMILES string of the molecule is c1ccc(-c2cccc(-c3c4ccccc4c(-c4ccc5c(c4)-c4c(ccc6ccccc46)C54C5CC6CC(C5)CC4C6)c4ccccc34)c2)cc1. The molecule has 0 amide bonds. The van der Waals surface area contributed by atoms with Crippen molar-refractivity contribution in [2.24, 2.45) is 23.7 Å². The molecule has 4 fully saturated rings. The number of rotatable bonds is 3. The molecule has 0 nitrogen and oxygen atoms in total. The Hall–Kier alpha value is -5.46. The minimum absolute atomic E-state index is 0.151. The second kappa shape index (κ2) is 10.8. The lowest BCUT2D eigenvalue weighted by Gasteiger charge is -2.61. The normalized spacial score (nSPS) is 23.8. The summed E-state index contributed by atoms with van der Waals surface area (Å²) in [5.74, 6) is 3.38. The molecule has 4 saturated carbocycles. The molecule has 8 aromatic carbocycles. The van der Waals surface area contributed by atoms with Gasteiger partial charge >= 0.3 is 0 Å². The fourth-order valence-electron chi connectivity index (χ4n) is 12.4. The van der Waals surface area contributed by atoms with E-state index in [4.69, 9.17) is 0 Å². The number of benzene rings is 8. The Labute approximate surface area is 305 Å². The van der Waals surface area contributed by atoms with Crippen LogP contribution in [0.3, 0.4) is 0 Å². The molecule has 0 heteroatoms. The number of hydrogen-bond donors (Lipinski definition) is 0. The molecule has 0 heterocycles. The number of fused-ring (bicyclic) bond motifs is 7. The van der Waals surface area contributed by atoms with E-state index in [9.17, 15) is 0 Å². The molecular formula is C52H40. The smallest absolute Gasteiger partial charge is 0.0272 e. The molecule has 0 radical (unpaired) electrons. The van der Waals surface area contributed by atoms with Gasteiger partial charge in [-0.05, 0) is 156 Å². The lowest BCUT2D eigenvalue weighted by Crippen LogP contribution is -2.55. The van der Waals surface area contributed by atoms with Gasteiger partial charge in [-0.1, -0.05) is 146 Å². The average Bonchev–Trinajstić information content (AvgIpc) is 3.49. The van der Waals surface area contributed by atoms with Crippen molar-refractivity contribution >= 4 is 32.3 Å². The van der Waals surface area contributed by atoms with Crippen LogP contribution in [0.25, 0.3) is 76.8 Å². The zero-order chi connectivity index (χ0) is 34.0. The molecule has 0 aliphatic heterocycles. The van der Waals surface area contributed by atoms with Gasteiger partial charge in [0.25, 0.3) is 0 Å². The summed E-state index contributed by atoms with van der Waals surface area (Å²) in [7, 11) is 0. The Morgan fingerprint density at radius 3 is 1.52 bits per heavy atom. The van der Waals surface area contributed by atoms with Crippen LogP contribution in [0.15, 0.2) is 158 Å². The van der Waals surface area contributed by atoms with Gasteiger partial charge in [-0.2, -0.15) is 0 Å². The van der Waals surface area contributed by atoms with Crippen LogP contribution in [0.4, 0.5) is 0 Å². The van der Waals surface area contributed by atoms with Crippen molar-refractivity contribution in [3.8, 4) is 44.5 Å². The minimum Gasteiger partial charge on any atom is -0.0622 e. The third-order valence-electron chi connectivity index (χ3n) is 14.0. The van der Waals surface area contributed by atoms with Gasteiger partial charge in [0.1, 0.15) is 0 Å². The van der Waals surface area contributed by atoms with E-state index in [1.807, 2.05) is 0 Å². The molecule has 5 aliphatic carbocycles. The van der Waals surface area contributed by atoms with Crippen LogP contribution in [0.5, 0.6) is 0 Å². The van der Waals surface area contributed by atoms with Crippen LogP contribution in [-0.4, -0.2) is 0 Å². The lowest BCUT2D eigenvalue weighted by molar-refractivity contribution is -0.0399. The average molecular weight is 665 g/mol. The quantitative estimate of drug-likeness (QED) is 0.165. The molecule has 0 atom stereocenters. The Morgan fingerprint density at radius 1 is 0.346 bits per heavy atom. The molecule has 0 N–H and O–H groups in total. The van der Waals surface area contributed by atoms with Crippen molar-refractivity contribution in [1.82, 2.24) is 0 Å². The first-order valence-corrected chi connectivity index (χ1v) is 19.5. The van der Waals surface area contributed by atoms with Gasteiger partial charge in [0.15, 0.2) is 0 Å². The minimum atomic E-state index is 0.151. The van der Waals surface area contributed by atoms with Crippen LogP contribution in [0.1, 0.15) is 43.2 Å². The van der Waals surface area contributed by atoms with Gasteiger partial charge in [0.2, 0.25) is 0 Å². The Kier molecular flexibility index (Phi) is 6.04. The number of hydrogen-bond acceptors (Lipinski definition) is 0. The van der Waals surface area contributed by atoms with Crippen molar-refractivity contribution in [1.29, 1.82) is 0 Å². The maximum atomic E-state index is 2.62. The van der Waals surface area contributed by atoms with Crippen LogP contribution >= 0.6 is 0 Å².